The first-order chi connectivity index (χ1) is 4.09. The Bertz CT molecular complexity index is 93.5. The highest BCUT2D eigenvalue weighted by Gasteiger charge is 2.08. The summed E-state index contributed by atoms with van der Waals surface area (Å²) in [6.07, 6.45) is 0.449. The fourth-order valence-corrected chi connectivity index (χ4v) is 0.781. The van der Waals surface area contributed by atoms with Crippen LogP contribution in [0.4, 0.5) is 0 Å². The average molecular weight is 130 g/mol. The lowest BCUT2D eigenvalue weighted by Crippen LogP contribution is -2.12. The van der Waals surface area contributed by atoms with Gasteiger partial charge in [-0.25, -0.2) is 0 Å². The van der Waals surface area contributed by atoms with Gasteiger partial charge in [0.25, 0.3) is 0 Å². The Hall–Kier alpha value is -0.340. The molecule has 0 rings (SSSR count). The van der Waals surface area contributed by atoms with Crippen molar-refractivity contribution in [1.29, 1.82) is 0 Å². The normalized spacial score (nSPS) is 13.4. The second-order valence-corrected chi connectivity index (χ2v) is 2.32. The minimum atomic E-state index is -1.28. The summed E-state index contributed by atoms with van der Waals surface area (Å²) in [6.45, 7) is 5.65. The maximum absolute atomic E-state index is 8.67. The number of aliphatic hydroxyl groups is 2. The highest BCUT2D eigenvalue weighted by atomic mass is 16.5. The summed E-state index contributed by atoms with van der Waals surface area (Å²) in [6, 6.07) is 0. The summed E-state index contributed by atoms with van der Waals surface area (Å²) >= 11 is 0. The van der Waals surface area contributed by atoms with Gasteiger partial charge in [0.15, 0.2) is 6.29 Å². The minimum Gasteiger partial charge on any atom is -0.365 e. The van der Waals surface area contributed by atoms with Gasteiger partial charge in [0.1, 0.15) is 0 Å². The molecule has 0 heterocycles. The molecule has 0 aromatic heterocycles. The lowest BCUT2D eigenvalue weighted by Gasteiger charge is -2.11. The number of allylic oxidation sites excluding steroid dienone is 1. The Balaban J connectivity index is 4.01. The van der Waals surface area contributed by atoms with E-state index >= 15 is 0 Å². The van der Waals surface area contributed by atoms with E-state index in [4.69, 9.17) is 10.2 Å². The van der Waals surface area contributed by atoms with Gasteiger partial charge in [-0.2, -0.15) is 0 Å². The molecule has 2 N–H and O–H groups in total. The van der Waals surface area contributed by atoms with Gasteiger partial charge in [0.05, 0.1) is 0 Å². The van der Waals surface area contributed by atoms with Crippen LogP contribution in [0.3, 0.4) is 0 Å². The van der Waals surface area contributed by atoms with Gasteiger partial charge in [-0.05, 0) is 18.4 Å². The van der Waals surface area contributed by atoms with Gasteiger partial charge in [-0.3, -0.25) is 0 Å². The van der Waals surface area contributed by atoms with Crippen LogP contribution in [0.25, 0.3) is 0 Å². The molecule has 0 bridgehead atoms. The largest absolute Gasteiger partial charge is 0.365 e. The van der Waals surface area contributed by atoms with Gasteiger partial charge in [0, 0.05) is 0 Å². The number of rotatable bonds is 2. The molecule has 0 aliphatic heterocycles. The fraction of sp³-hybridized carbons (Fsp3) is 0.714. The van der Waals surface area contributed by atoms with Crippen molar-refractivity contribution in [1.82, 2.24) is 0 Å². The Morgan fingerprint density at radius 3 is 1.78 bits per heavy atom. The molecule has 0 aliphatic carbocycles. The van der Waals surface area contributed by atoms with E-state index in [1.807, 2.05) is 13.8 Å². The third-order valence-electron chi connectivity index (χ3n) is 1.30. The molecule has 0 amide bonds. The zero-order valence-corrected chi connectivity index (χ0v) is 6.13. The minimum absolute atomic E-state index is 0.218. The maximum atomic E-state index is 8.67. The van der Waals surface area contributed by atoms with Gasteiger partial charge in [-0.15, -0.1) is 0 Å². The predicted molar refractivity (Wildman–Crippen MR) is 36.8 cm³/mol. The molecule has 9 heavy (non-hydrogen) atoms. The first-order valence-corrected chi connectivity index (χ1v) is 3.11. The maximum Gasteiger partial charge on any atom is 0.174 e. The van der Waals surface area contributed by atoms with E-state index in [9.17, 15) is 0 Å². The molecular formula is C7H14O2. The molecule has 0 fully saturated rings. The first-order valence-electron chi connectivity index (χ1n) is 3.11. The molecule has 54 valence electrons. The highest BCUT2D eigenvalue weighted by molar-refractivity contribution is 5.05. The van der Waals surface area contributed by atoms with Crippen molar-refractivity contribution in [2.45, 2.75) is 27.1 Å². The topological polar surface area (TPSA) is 40.5 Å². The van der Waals surface area contributed by atoms with Crippen molar-refractivity contribution in [2.24, 2.45) is 5.92 Å². The molecule has 0 aromatic rings. The van der Waals surface area contributed by atoms with E-state index in [-0.39, 0.29) is 5.92 Å². The molecular weight excluding hydrogens is 116 g/mol. The predicted octanol–water partition coefficient (Wildman–Crippen LogP) is 0.899. The van der Waals surface area contributed by atoms with E-state index in [1.165, 1.54) is 0 Å². The SMILES string of the molecule is C/C=C(/C(C)C)C(O)O. The fourth-order valence-electron chi connectivity index (χ4n) is 0.781. The number of hydrogen-bond donors (Lipinski definition) is 2. The van der Waals surface area contributed by atoms with Crippen molar-refractivity contribution in [3.05, 3.63) is 11.6 Å². The summed E-state index contributed by atoms with van der Waals surface area (Å²) in [5, 5.41) is 17.3. The zero-order valence-electron chi connectivity index (χ0n) is 6.13. The summed E-state index contributed by atoms with van der Waals surface area (Å²) in [7, 11) is 0. The van der Waals surface area contributed by atoms with Crippen LogP contribution in [-0.4, -0.2) is 16.5 Å². The third kappa shape index (κ3) is 2.63. The van der Waals surface area contributed by atoms with Crippen LogP contribution >= 0.6 is 0 Å². The highest BCUT2D eigenvalue weighted by Crippen LogP contribution is 2.11. The molecule has 2 heteroatoms. The summed E-state index contributed by atoms with van der Waals surface area (Å²) in [5.41, 5.74) is 0.676. The quantitative estimate of drug-likeness (QED) is 0.430. The molecule has 0 unspecified atom stereocenters. The molecule has 2 nitrogen and oxygen atoms in total. The average Bonchev–Trinajstić information content (AvgIpc) is 1.64. The Kier molecular flexibility index (Phi) is 3.50. The van der Waals surface area contributed by atoms with Crippen LogP contribution in [0.1, 0.15) is 20.8 Å². The Morgan fingerprint density at radius 2 is 1.78 bits per heavy atom. The van der Waals surface area contributed by atoms with E-state index < -0.39 is 6.29 Å². The first kappa shape index (κ1) is 8.66. The summed E-state index contributed by atoms with van der Waals surface area (Å²) in [4.78, 5) is 0. The van der Waals surface area contributed by atoms with Crippen molar-refractivity contribution >= 4 is 0 Å². The third-order valence-corrected chi connectivity index (χ3v) is 1.30. The molecule has 0 atom stereocenters. The van der Waals surface area contributed by atoms with Crippen molar-refractivity contribution < 1.29 is 10.2 Å². The van der Waals surface area contributed by atoms with Gasteiger partial charge < -0.3 is 10.2 Å². The molecule has 0 radical (unpaired) electrons. The standard InChI is InChI=1S/C7H14O2/c1-4-6(5(2)3)7(8)9/h4-5,7-9H,1-3H3/b6-4-. The van der Waals surface area contributed by atoms with E-state index in [0.29, 0.717) is 5.57 Å². The van der Waals surface area contributed by atoms with Gasteiger partial charge in [0.2, 0.25) is 0 Å². The molecule has 0 spiro atoms. The van der Waals surface area contributed by atoms with Gasteiger partial charge in [-0.1, -0.05) is 19.9 Å². The van der Waals surface area contributed by atoms with Crippen LogP contribution in [0.5, 0.6) is 0 Å². The second kappa shape index (κ2) is 3.64. The lowest BCUT2D eigenvalue weighted by molar-refractivity contribution is -0.0139. The zero-order chi connectivity index (χ0) is 7.44. The molecule has 0 saturated heterocycles. The Labute approximate surface area is 55.8 Å². The lowest BCUT2D eigenvalue weighted by atomic mass is 10.0. The van der Waals surface area contributed by atoms with E-state index in [2.05, 4.69) is 0 Å². The van der Waals surface area contributed by atoms with Crippen LogP contribution in [0.2, 0.25) is 0 Å². The second-order valence-electron chi connectivity index (χ2n) is 2.32. The van der Waals surface area contributed by atoms with Crippen molar-refractivity contribution in [2.75, 3.05) is 0 Å². The molecule has 0 aliphatic rings. The van der Waals surface area contributed by atoms with Crippen LogP contribution in [0.15, 0.2) is 11.6 Å². The van der Waals surface area contributed by atoms with Crippen molar-refractivity contribution in [3.63, 3.8) is 0 Å². The van der Waals surface area contributed by atoms with Crippen LogP contribution in [-0.2, 0) is 0 Å². The smallest absolute Gasteiger partial charge is 0.174 e. The number of aliphatic hydroxyl groups excluding tert-OH is 1. The summed E-state index contributed by atoms with van der Waals surface area (Å²) in [5.74, 6) is 0.218. The van der Waals surface area contributed by atoms with E-state index in [0.717, 1.165) is 0 Å². The Morgan fingerprint density at radius 1 is 1.33 bits per heavy atom. The molecule has 0 aromatic carbocycles. The number of hydrogen-bond acceptors (Lipinski definition) is 2. The van der Waals surface area contributed by atoms with E-state index in [1.54, 1.807) is 13.0 Å². The summed E-state index contributed by atoms with van der Waals surface area (Å²) < 4.78 is 0. The molecule has 0 saturated carbocycles. The monoisotopic (exact) mass is 130 g/mol. The van der Waals surface area contributed by atoms with Crippen LogP contribution < -0.4 is 0 Å². The van der Waals surface area contributed by atoms with Crippen LogP contribution in [0, 0.1) is 5.92 Å². The van der Waals surface area contributed by atoms with Crippen molar-refractivity contribution in [3.8, 4) is 0 Å². The van der Waals surface area contributed by atoms with Gasteiger partial charge >= 0.3 is 0 Å².